The summed E-state index contributed by atoms with van der Waals surface area (Å²) in [6, 6.07) is 7.47. The van der Waals surface area contributed by atoms with Crippen LogP contribution >= 0.6 is 11.3 Å². The summed E-state index contributed by atoms with van der Waals surface area (Å²) in [5.41, 5.74) is -0.476. The van der Waals surface area contributed by atoms with Gasteiger partial charge >= 0.3 is 12.2 Å². The Hall–Kier alpha value is -2.59. The summed E-state index contributed by atoms with van der Waals surface area (Å²) < 4.78 is 37.6. The number of hydrogen-bond acceptors (Lipinski definition) is 4. The SMILES string of the molecule is O=C(NCCN1CCN(C(=O)c2cccs2)CC1)Nc1ccc(C(F)(F)F)cc1. The number of benzene rings is 1. The highest BCUT2D eigenvalue weighted by Gasteiger charge is 2.30. The van der Waals surface area contributed by atoms with Crippen LogP contribution in [-0.2, 0) is 6.18 Å². The Morgan fingerprint density at radius 1 is 1.03 bits per heavy atom. The first-order chi connectivity index (χ1) is 13.8. The Kier molecular flexibility index (Phi) is 6.75. The molecule has 2 heterocycles. The molecule has 6 nitrogen and oxygen atoms in total. The molecular weight excluding hydrogens is 405 g/mol. The first kappa shape index (κ1) is 21.1. The molecule has 2 N–H and O–H groups in total. The molecule has 1 fully saturated rings. The van der Waals surface area contributed by atoms with Crippen LogP contribution in [0.15, 0.2) is 41.8 Å². The zero-order chi connectivity index (χ0) is 20.9. The maximum atomic E-state index is 12.5. The molecule has 0 saturated carbocycles. The predicted molar refractivity (Wildman–Crippen MR) is 105 cm³/mol. The maximum Gasteiger partial charge on any atom is 0.416 e. The van der Waals surface area contributed by atoms with Crippen molar-refractivity contribution in [1.82, 2.24) is 15.1 Å². The van der Waals surface area contributed by atoms with Crippen molar-refractivity contribution in [3.8, 4) is 0 Å². The zero-order valence-corrected chi connectivity index (χ0v) is 16.4. The van der Waals surface area contributed by atoms with Gasteiger partial charge in [-0.1, -0.05) is 6.07 Å². The van der Waals surface area contributed by atoms with Gasteiger partial charge in [0.05, 0.1) is 10.4 Å². The second-order valence-electron chi connectivity index (χ2n) is 6.57. The van der Waals surface area contributed by atoms with Gasteiger partial charge in [0.15, 0.2) is 0 Å². The van der Waals surface area contributed by atoms with E-state index in [4.69, 9.17) is 0 Å². The number of hydrogen-bond donors (Lipinski definition) is 2. The Morgan fingerprint density at radius 2 is 1.72 bits per heavy atom. The van der Waals surface area contributed by atoms with E-state index in [9.17, 15) is 22.8 Å². The number of carbonyl (C=O) groups excluding carboxylic acids is 2. The summed E-state index contributed by atoms with van der Waals surface area (Å²) >= 11 is 1.43. The predicted octanol–water partition coefficient (Wildman–Crippen LogP) is 3.35. The number of nitrogens with zero attached hydrogens (tertiary/aromatic N) is 2. The summed E-state index contributed by atoms with van der Waals surface area (Å²) in [7, 11) is 0. The summed E-state index contributed by atoms with van der Waals surface area (Å²) in [5, 5.41) is 7.07. The lowest BCUT2D eigenvalue weighted by molar-refractivity contribution is -0.137. The molecule has 3 rings (SSSR count). The van der Waals surface area contributed by atoms with Crippen molar-refractivity contribution in [3.63, 3.8) is 0 Å². The second kappa shape index (κ2) is 9.27. The average molecular weight is 426 g/mol. The molecule has 29 heavy (non-hydrogen) atoms. The van der Waals surface area contributed by atoms with Gasteiger partial charge in [-0.25, -0.2) is 4.79 Å². The standard InChI is InChI=1S/C19H21F3N4O2S/c20-19(21,22)14-3-5-15(6-4-14)24-18(28)23-7-8-25-9-11-26(12-10-25)17(27)16-2-1-13-29-16/h1-6,13H,7-12H2,(H2,23,24,28). The molecular formula is C19H21F3N4O2S. The average Bonchev–Trinajstić information content (AvgIpc) is 3.22. The number of urea groups is 1. The van der Waals surface area contributed by atoms with Crippen LogP contribution in [0, 0.1) is 0 Å². The van der Waals surface area contributed by atoms with Crippen LogP contribution < -0.4 is 10.6 Å². The van der Waals surface area contributed by atoms with Crippen LogP contribution in [0.25, 0.3) is 0 Å². The van der Waals surface area contributed by atoms with Crippen LogP contribution in [-0.4, -0.2) is 61.0 Å². The highest BCUT2D eigenvalue weighted by molar-refractivity contribution is 7.12. The number of piperazine rings is 1. The Balaban J connectivity index is 1.35. The van der Waals surface area contributed by atoms with Gasteiger partial charge in [-0.05, 0) is 35.7 Å². The molecule has 2 aromatic rings. The van der Waals surface area contributed by atoms with Crippen LogP contribution in [0.3, 0.4) is 0 Å². The zero-order valence-electron chi connectivity index (χ0n) is 15.5. The van der Waals surface area contributed by atoms with Gasteiger partial charge in [0, 0.05) is 45.0 Å². The highest BCUT2D eigenvalue weighted by Crippen LogP contribution is 2.29. The van der Waals surface area contributed by atoms with Gasteiger partial charge < -0.3 is 15.5 Å². The molecule has 156 valence electrons. The molecule has 0 unspecified atom stereocenters. The van der Waals surface area contributed by atoms with Gasteiger partial charge in [0.2, 0.25) is 0 Å². The van der Waals surface area contributed by atoms with Crippen LogP contribution in [0.2, 0.25) is 0 Å². The van der Waals surface area contributed by atoms with E-state index in [-0.39, 0.29) is 11.6 Å². The third kappa shape index (κ3) is 5.94. The van der Waals surface area contributed by atoms with E-state index >= 15 is 0 Å². The van der Waals surface area contributed by atoms with Crippen molar-refractivity contribution in [3.05, 3.63) is 52.2 Å². The number of anilines is 1. The molecule has 3 amide bonds. The number of carbonyl (C=O) groups is 2. The summed E-state index contributed by atoms with van der Waals surface area (Å²) in [6.07, 6.45) is -4.40. The third-order valence-corrected chi connectivity index (χ3v) is 5.43. The van der Waals surface area contributed by atoms with Crippen LogP contribution in [0.4, 0.5) is 23.7 Å². The monoisotopic (exact) mass is 426 g/mol. The molecule has 1 saturated heterocycles. The largest absolute Gasteiger partial charge is 0.416 e. The first-order valence-corrected chi connectivity index (χ1v) is 9.98. The molecule has 1 aliphatic heterocycles. The number of rotatable bonds is 5. The van der Waals surface area contributed by atoms with E-state index in [1.165, 1.54) is 23.5 Å². The summed E-state index contributed by atoms with van der Waals surface area (Å²) in [5.74, 6) is 0.0497. The molecule has 1 aliphatic rings. The Bertz CT molecular complexity index is 817. The van der Waals surface area contributed by atoms with E-state index in [0.717, 1.165) is 30.1 Å². The molecule has 0 spiro atoms. The van der Waals surface area contributed by atoms with E-state index in [0.29, 0.717) is 26.2 Å². The fourth-order valence-electron chi connectivity index (χ4n) is 2.98. The van der Waals surface area contributed by atoms with E-state index < -0.39 is 17.8 Å². The summed E-state index contributed by atoms with van der Waals surface area (Å²) in [6.45, 7) is 3.73. The van der Waals surface area contributed by atoms with Gasteiger partial charge in [0.1, 0.15) is 0 Å². The normalized spacial score (nSPS) is 15.2. The topological polar surface area (TPSA) is 64.7 Å². The van der Waals surface area contributed by atoms with Crippen molar-refractivity contribution < 1.29 is 22.8 Å². The van der Waals surface area contributed by atoms with Gasteiger partial charge in [-0.15, -0.1) is 11.3 Å². The van der Waals surface area contributed by atoms with Crippen molar-refractivity contribution in [2.45, 2.75) is 6.18 Å². The minimum absolute atomic E-state index is 0.0497. The van der Waals surface area contributed by atoms with Crippen molar-refractivity contribution in [2.75, 3.05) is 44.6 Å². The lowest BCUT2D eigenvalue weighted by Crippen LogP contribution is -2.50. The molecule has 0 bridgehead atoms. The maximum absolute atomic E-state index is 12.5. The highest BCUT2D eigenvalue weighted by atomic mass is 32.1. The lowest BCUT2D eigenvalue weighted by atomic mass is 10.2. The van der Waals surface area contributed by atoms with Crippen LogP contribution in [0.1, 0.15) is 15.2 Å². The van der Waals surface area contributed by atoms with E-state index in [1.807, 2.05) is 22.4 Å². The smallest absolute Gasteiger partial charge is 0.337 e. The molecule has 1 aromatic carbocycles. The van der Waals surface area contributed by atoms with Gasteiger partial charge in [0.25, 0.3) is 5.91 Å². The number of alkyl halides is 3. The molecule has 0 aliphatic carbocycles. The quantitative estimate of drug-likeness (QED) is 0.771. The van der Waals surface area contributed by atoms with Crippen molar-refractivity contribution in [1.29, 1.82) is 0 Å². The summed E-state index contributed by atoms with van der Waals surface area (Å²) in [4.78, 5) is 28.9. The van der Waals surface area contributed by atoms with Gasteiger partial charge in [-0.2, -0.15) is 13.2 Å². The molecule has 1 aromatic heterocycles. The van der Waals surface area contributed by atoms with Crippen LogP contribution in [0.5, 0.6) is 0 Å². The number of thiophene rings is 1. The van der Waals surface area contributed by atoms with Gasteiger partial charge in [-0.3, -0.25) is 9.69 Å². The number of nitrogens with one attached hydrogen (secondary N) is 2. The third-order valence-electron chi connectivity index (χ3n) is 4.58. The molecule has 0 atom stereocenters. The van der Waals surface area contributed by atoms with E-state index in [1.54, 1.807) is 0 Å². The number of amides is 3. The fraction of sp³-hybridized carbons (Fsp3) is 0.368. The first-order valence-electron chi connectivity index (χ1n) is 9.10. The second-order valence-corrected chi connectivity index (χ2v) is 7.51. The lowest BCUT2D eigenvalue weighted by Gasteiger charge is -2.34. The number of halogens is 3. The minimum atomic E-state index is -4.40. The van der Waals surface area contributed by atoms with E-state index in [2.05, 4.69) is 15.5 Å². The minimum Gasteiger partial charge on any atom is -0.337 e. The fourth-order valence-corrected chi connectivity index (χ4v) is 3.67. The van der Waals surface area contributed by atoms with Crippen molar-refractivity contribution >= 4 is 29.0 Å². The van der Waals surface area contributed by atoms with Crippen molar-refractivity contribution in [2.24, 2.45) is 0 Å². The molecule has 10 heteroatoms. The molecule has 0 radical (unpaired) electrons. The Labute approximate surface area is 170 Å². The Morgan fingerprint density at radius 3 is 2.31 bits per heavy atom.